The van der Waals surface area contributed by atoms with Gasteiger partial charge in [0.2, 0.25) is 5.91 Å². The Morgan fingerprint density at radius 1 is 0.875 bits per heavy atom. The zero-order valence-electron chi connectivity index (χ0n) is 16.9. The van der Waals surface area contributed by atoms with Gasteiger partial charge < -0.3 is 16.0 Å². The fourth-order valence-corrected chi connectivity index (χ4v) is 4.77. The van der Waals surface area contributed by atoms with E-state index in [0.29, 0.717) is 5.11 Å². The van der Waals surface area contributed by atoms with Crippen LogP contribution < -0.4 is 16.0 Å². The van der Waals surface area contributed by atoms with Crippen molar-refractivity contribution in [3.8, 4) is 11.3 Å². The van der Waals surface area contributed by atoms with E-state index in [2.05, 4.69) is 90.4 Å². The number of amides is 1. The highest BCUT2D eigenvalue weighted by Crippen LogP contribution is 2.32. The van der Waals surface area contributed by atoms with Gasteiger partial charge in [-0.2, -0.15) is 0 Å². The predicted octanol–water partition coefficient (Wildman–Crippen LogP) is 6.88. The van der Waals surface area contributed by atoms with Gasteiger partial charge in [-0.3, -0.25) is 9.78 Å². The van der Waals surface area contributed by atoms with Crippen molar-refractivity contribution in [1.29, 1.82) is 0 Å². The number of carbonyl (C=O) groups excluding carboxylic acids is 1. The second kappa shape index (κ2) is 10.1. The Balaban J connectivity index is 1.56. The second-order valence-electron chi connectivity index (χ2n) is 7.03. The van der Waals surface area contributed by atoms with E-state index in [4.69, 9.17) is 12.2 Å². The molecule has 0 radical (unpaired) electrons. The van der Waals surface area contributed by atoms with E-state index in [1.165, 1.54) is 6.92 Å². The first kappa shape index (κ1) is 22.9. The summed E-state index contributed by atoms with van der Waals surface area (Å²) in [6.07, 6.45) is 1.84. The Bertz CT molecular complexity index is 1340. The van der Waals surface area contributed by atoms with Gasteiger partial charge in [-0.15, -0.1) is 0 Å². The Hall–Kier alpha value is -2.31. The molecule has 0 aliphatic carbocycles. The first-order valence-electron chi connectivity index (χ1n) is 9.69. The fraction of sp³-hybridized carbons (Fsp3) is 0.0417. The molecule has 0 unspecified atom stereocenters. The number of carbonyl (C=O) groups is 1. The monoisotopic (exact) mass is 664 g/mol. The second-order valence-corrected chi connectivity index (χ2v) is 9.76. The summed E-state index contributed by atoms with van der Waals surface area (Å²) in [6.45, 7) is 1.49. The highest BCUT2D eigenvalue weighted by atomic mass is 127. The lowest BCUT2D eigenvalue weighted by Gasteiger charge is -2.15. The average Bonchev–Trinajstić information content (AvgIpc) is 2.76. The van der Waals surface area contributed by atoms with Crippen molar-refractivity contribution >= 4 is 96.3 Å². The van der Waals surface area contributed by atoms with Gasteiger partial charge in [0.15, 0.2) is 5.11 Å². The minimum absolute atomic E-state index is 0.103. The van der Waals surface area contributed by atoms with E-state index in [9.17, 15) is 4.79 Å². The molecule has 0 saturated carbocycles. The molecule has 1 aromatic heterocycles. The predicted molar refractivity (Wildman–Crippen MR) is 153 cm³/mol. The van der Waals surface area contributed by atoms with Crippen molar-refractivity contribution in [2.24, 2.45) is 0 Å². The number of nitrogens with one attached hydrogen (secondary N) is 3. The fourth-order valence-electron chi connectivity index (χ4n) is 3.30. The van der Waals surface area contributed by atoms with E-state index in [-0.39, 0.29) is 5.91 Å². The first-order chi connectivity index (χ1) is 15.4. The SMILES string of the molecule is CC(=O)Nc1ccc(NC(=S)Nc2ccc(I)c(-c3nccc4ccccc34)c2)c(I)c1. The van der Waals surface area contributed by atoms with E-state index in [1.807, 2.05) is 48.7 Å². The number of pyridine rings is 1. The molecule has 0 aliphatic heterocycles. The van der Waals surface area contributed by atoms with Gasteiger partial charge >= 0.3 is 0 Å². The van der Waals surface area contributed by atoms with Crippen molar-refractivity contribution in [2.75, 3.05) is 16.0 Å². The number of benzene rings is 3. The van der Waals surface area contributed by atoms with Gasteiger partial charge in [0.05, 0.1) is 11.4 Å². The average molecular weight is 664 g/mol. The van der Waals surface area contributed by atoms with Crippen LogP contribution in [0.25, 0.3) is 22.0 Å². The molecule has 8 heteroatoms. The van der Waals surface area contributed by atoms with Gasteiger partial charge in [-0.05, 0) is 105 Å². The molecule has 160 valence electrons. The summed E-state index contributed by atoms with van der Waals surface area (Å²) in [5, 5.41) is 12.0. The Morgan fingerprint density at radius 3 is 2.41 bits per heavy atom. The summed E-state index contributed by atoms with van der Waals surface area (Å²) in [5.74, 6) is -0.103. The van der Waals surface area contributed by atoms with E-state index >= 15 is 0 Å². The molecule has 4 rings (SSSR count). The molecule has 3 aromatic carbocycles. The van der Waals surface area contributed by atoms with Gasteiger partial charge in [-0.25, -0.2) is 0 Å². The molecule has 0 spiro atoms. The standard InChI is InChI=1S/C24H18I2N4OS/c1-14(31)28-17-7-9-22(21(26)13-17)30-24(32)29-16-6-8-20(25)19(12-16)23-18-5-3-2-4-15(18)10-11-27-23/h2-13H,1H3,(H,28,31)(H2,29,30,32). The van der Waals surface area contributed by atoms with Crippen molar-refractivity contribution < 1.29 is 4.79 Å². The maximum Gasteiger partial charge on any atom is 0.221 e. The topological polar surface area (TPSA) is 66.1 Å². The molecule has 1 heterocycles. The zero-order valence-corrected chi connectivity index (χ0v) is 22.1. The molecule has 1 amide bonds. The third-order valence-electron chi connectivity index (χ3n) is 4.69. The van der Waals surface area contributed by atoms with Crippen molar-refractivity contribution in [1.82, 2.24) is 4.98 Å². The first-order valence-corrected chi connectivity index (χ1v) is 12.3. The number of anilines is 3. The van der Waals surface area contributed by atoms with Gasteiger partial charge in [0.25, 0.3) is 0 Å². The minimum Gasteiger partial charge on any atom is -0.332 e. The number of fused-ring (bicyclic) bond motifs is 1. The molecule has 5 nitrogen and oxygen atoms in total. The smallest absolute Gasteiger partial charge is 0.221 e. The number of rotatable bonds is 4. The summed E-state index contributed by atoms with van der Waals surface area (Å²) < 4.78 is 2.06. The lowest BCUT2D eigenvalue weighted by atomic mass is 10.0. The summed E-state index contributed by atoms with van der Waals surface area (Å²) in [7, 11) is 0. The normalized spacial score (nSPS) is 10.6. The van der Waals surface area contributed by atoms with Crippen LogP contribution in [-0.2, 0) is 4.79 Å². The van der Waals surface area contributed by atoms with Crippen LogP contribution in [0.5, 0.6) is 0 Å². The molecule has 3 N–H and O–H groups in total. The summed E-state index contributed by atoms with van der Waals surface area (Å²) >= 11 is 10.1. The third kappa shape index (κ3) is 5.36. The summed E-state index contributed by atoms with van der Waals surface area (Å²) in [6, 6.07) is 22.0. The Labute approximate surface area is 218 Å². The van der Waals surface area contributed by atoms with Gasteiger partial charge in [-0.1, -0.05) is 24.3 Å². The van der Waals surface area contributed by atoms with Crippen LogP contribution in [0.15, 0.2) is 72.9 Å². The van der Waals surface area contributed by atoms with E-state index in [0.717, 1.165) is 46.2 Å². The highest BCUT2D eigenvalue weighted by Gasteiger charge is 2.11. The van der Waals surface area contributed by atoms with Crippen LogP contribution in [0.1, 0.15) is 6.92 Å². The molecule has 4 aromatic rings. The molecule has 32 heavy (non-hydrogen) atoms. The van der Waals surface area contributed by atoms with Crippen LogP contribution in [0.4, 0.5) is 17.1 Å². The summed E-state index contributed by atoms with van der Waals surface area (Å²) in [4.78, 5) is 15.9. The van der Waals surface area contributed by atoms with Gasteiger partial charge in [0, 0.05) is 42.6 Å². The van der Waals surface area contributed by atoms with Gasteiger partial charge in [0.1, 0.15) is 0 Å². The van der Waals surface area contributed by atoms with E-state index in [1.54, 1.807) is 0 Å². The third-order valence-corrected chi connectivity index (χ3v) is 6.73. The van der Waals surface area contributed by atoms with Crippen LogP contribution in [-0.4, -0.2) is 16.0 Å². The molecular weight excluding hydrogens is 646 g/mol. The van der Waals surface area contributed by atoms with Crippen molar-refractivity contribution in [2.45, 2.75) is 6.92 Å². The number of aromatic nitrogens is 1. The Morgan fingerprint density at radius 2 is 1.62 bits per heavy atom. The molecule has 0 aliphatic rings. The minimum atomic E-state index is -0.103. The lowest BCUT2D eigenvalue weighted by Crippen LogP contribution is -2.20. The molecule has 0 bridgehead atoms. The van der Waals surface area contributed by atoms with Crippen LogP contribution in [0.2, 0.25) is 0 Å². The van der Waals surface area contributed by atoms with Crippen LogP contribution in [0.3, 0.4) is 0 Å². The molecule has 0 saturated heterocycles. The number of thiocarbonyl (C=S) groups is 1. The number of nitrogens with zero attached hydrogens (tertiary/aromatic N) is 1. The number of halogens is 2. The van der Waals surface area contributed by atoms with Crippen LogP contribution in [0, 0.1) is 7.14 Å². The van der Waals surface area contributed by atoms with Crippen molar-refractivity contribution in [3.63, 3.8) is 0 Å². The zero-order chi connectivity index (χ0) is 22.7. The Kier molecular flexibility index (Phi) is 7.21. The lowest BCUT2D eigenvalue weighted by molar-refractivity contribution is -0.114. The van der Waals surface area contributed by atoms with Crippen molar-refractivity contribution in [3.05, 3.63) is 80.1 Å². The highest BCUT2D eigenvalue weighted by molar-refractivity contribution is 14.1. The molecular formula is C24H18I2N4OS. The largest absolute Gasteiger partial charge is 0.332 e. The molecule has 0 fully saturated rings. The molecule has 0 atom stereocenters. The number of hydrogen-bond donors (Lipinski definition) is 3. The maximum absolute atomic E-state index is 11.3. The maximum atomic E-state index is 11.3. The summed E-state index contributed by atoms with van der Waals surface area (Å²) in [5.41, 5.74) is 4.47. The van der Waals surface area contributed by atoms with Crippen LogP contribution >= 0.6 is 57.4 Å². The quantitative estimate of drug-likeness (QED) is 0.164. The number of hydrogen-bond acceptors (Lipinski definition) is 3. The van der Waals surface area contributed by atoms with E-state index < -0.39 is 0 Å².